The van der Waals surface area contributed by atoms with Crippen molar-refractivity contribution in [3.8, 4) is 0 Å². The third-order valence-corrected chi connectivity index (χ3v) is 7.81. The number of thiophene rings is 1. The standard InChI is InChI=1S/C17H18ClN5OS2/c1-17(2)7-9-10(8-25-17)15(23-3-5-24-6-4-23)19-16-11(9)12-13(26-16)14(18)21-22-20-12/h3-8H2,1-2H3. The maximum Gasteiger partial charge on any atom is 0.172 e. The van der Waals surface area contributed by atoms with Gasteiger partial charge in [-0.25, -0.2) is 4.98 Å². The van der Waals surface area contributed by atoms with Crippen LogP contribution in [0.25, 0.3) is 20.4 Å². The van der Waals surface area contributed by atoms with Gasteiger partial charge in [-0.2, -0.15) is 11.8 Å². The normalized spacial score (nSPS) is 19.9. The lowest BCUT2D eigenvalue weighted by atomic mass is 9.94. The molecule has 1 saturated heterocycles. The summed E-state index contributed by atoms with van der Waals surface area (Å²) in [4.78, 5) is 8.40. The number of halogens is 1. The third-order valence-electron chi connectivity index (χ3n) is 4.99. The third kappa shape index (κ3) is 2.66. The van der Waals surface area contributed by atoms with Gasteiger partial charge >= 0.3 is 0 Å². The maximum atomic E-state index is 6.29. The van der Waals surface area contributed by atoms with Crippen LogP contribution in [0.2, 0.25) is 5.15 Å². The van der Waals surface area contributed by atoms with E-state index in [1.807, 2.05) is 11.8 Å². The first-order chi connectivity index (χ1) is 12.5. The molecule has 0 aliphatic carbocycles. The minimum atomic E-state index is 0.183. The van der Waals surface area contributed by atoms with Crippen LogP contribution in [0.3, 0.4) is 0 Å². The molecule has 2 aliphatic heterocycles. The summed E-state index contributed by atoms with van der Waals surface area (Å²) in [7, 11) is 0. The highest BCUT2D eigenvalue weighted by Crippen LogP contribution is 2.47. The van der Waals surface area contributed by atoms with Crippen molar-refractivity contribution in [2.24, 2.45) is 0 Å². The SMILES string of the molecule is CC1(C)Cc2c(c(N3CCOCC3)nc3sc4c(Cl)nnnc4c23)CS1. The number of thioether (sulfide) groups is 1. The number of nitrogens with zero attached hydrogens (tertiary/aromatic N) is 5. The van der Waals surface area contributed by atoms with Crippen molar-refractivity contribution in [1.29, 1.82) is 0 Å². The van der Waals surface area contributed by atoms with E-state index in [4.69, 9.17) is 21.3 Å². The molecule has 0 saturated carbocycles. The minimum absolute atomic E-state index is 0.183. The van der Waals surface area contributed by atoms with Crippen LogP contribution in [-0.2, 0) is 16.9 Å². The molecule has 1 fully saturated rings. The number of hydrogen-bond donors (Lipinski definition) is 0. The molecule has 2 aliphatic rings. The maximum absolute atomic E-state index is 6.29. The van der Waals surface area contributed by atoms with Crippen LogP contribution in [0.15, 0.2) is 0 Å². The van der Waals surface area contributed by atoms with E-state index in [1.54, 1.807) is 11.3 Å². The zero-order valence-corrected chi connectivity index (χ0v) is 17.0. The number of ether oxygens (including phenoxy) is 1. The predicted molar refractivity (Wildman–Crippen MR) is 108 cm³/mol. The lowest BCUT2D eigenvalue weighted by Crippen LogP contribution is -2.38. The van der Waals surface area contributed by atoms with E-state index in [0.717, 1.165) is 64.7 Å². The molecule has 0 atom stereocenters. The summed E-state index contributed by atoms with van der Waals surface area (Å²) in [5.41, 5.74) is 3.52. The average molecular weight is 408 g/mol. The van der Waals surface area contributed by atoms with Crippen LogP contribution in [0.4, 0.5) is 5.82 Å². The fraction of sp³-hybridized carbons (Fsp3) is 0.529. The van der Waals surface area contributed by atoms with Crippen molar-refractivity contribution in [2.75, 3.05) is 31.2 Å². The molecule has 0 unspecified atom stereocenters. The Morgan fingerprint density at radius 3 is 2.77 bits per heavy atom. The predicted octanol–water partition coefficient (Wildman–Crippen LogP) is 3.69. The number of rotatable bonds is 1. The highest BCUT2D eigenvalue weighted by Gasteiger charge is 2.33. The number of aromatic nitrogens is 4. The van der Waals surface area contributed by atoms with E-state index in [-0.39, 0.29) is 4.75 Å². The van der Waals surface area contributed by atoms with Crippen molar-refractivity contribution in [2.45, 2.75) is 30.8 Å². The Labute approximate surface area is 164 Å². The molecular formula is C17H18ClN5OS2. The number of anilines is 1. The Morgan fingerprint density at radius 1 is 1.15 bits per heavy atom. The summed E-state index contributed by atoms with van der Waals surface area (Å²) >= 11 is 9.85. The van der Waals surface area contributed by atoms with Gasteiger partial charge in [0.15, 0.2) is 5.15 Å². The summed E-state index contributed by atoms with van der Waals surface area (Å²) < 4.78 is 6.59. The van der Waals surface area contributed by atoms with Gasteiger partial charge in [0.25, 0.3) is 0 Å². The molecule has 5 rings (SSSR count). The summed E-state index contributed by atoms with van der Waals surface area (Å²) in [6.07, 6.45) is 0.983. The van der Waals surface area contributed by atoms with Gasteiger partial charge in [-0.3, -0.25) is 0 Å². The molecule has 3 aromatic heterocycles. The Hall–Kier alpha value is -1.22. The number of pyridine rings is 1. The fourth-order valence-corrected chi connectivity index (χ4v) is 6.06. The molecule has 9 heteroatoms. The quantitative estimate of drug-likeness (QED) is 0.609. The van der Waals surface area contributed by atoms with Crippen molar-refractivity contribution in [3.05, 3.63) is 16.3 Å². The van der Waals surface area contributed by atoms with Gasteiger partial charge in [-0.1, -0.05) is 25.4 Å². The van der Waals surface area contributed by atoms with E-state index in [0.29, 0.717) is 5.15 Å². The first kappa shape index (κ1) is 16.9. The second kappa shape index (κ2) is 6.15. The summed E-state index contributed by atoms with van der Waals surface area (Å²) in [6, 6.07) is 0. The molecule has 0 spiro atoms. The highest BCUT2D eigenvalue weighted by molar-refractivity contribution is 7.99. The van der Waals surface area contributed by atoms with E-state index < -0.39 is 0 Å². The molecule has 0 N–H and O–H groups in total. The van der Waals surface area contributed by atoms with Crippen molar-refractivity contribution >= 4 is 61.0 Å². The van der Waals surface area contributed by atoms with Crippen molar-refractivity contribution in [3.63, 3.8) is 0 Å². The second-order valence-corrected chi connectivity index (χ2v) is 10.3. The van der Waals surface area contributed by atoms with Gasteiger partial charge in [0.2, 0.25) is 0 Å². The van der Waals surface area contributed by atoms with Crippen molar-refractivity contribution < 1.29 is 4.74 Å². The Kier molecular flexibility index (Phi) is 4.00. The molecule has 3 aromatic rings. The molecule has 0 radical (unpaired) electrons. The van der Waals surface area contributed by atoms with Gasteiger partial charge in [-0.05, 0) is 17.2 Å². The van der Waals surface area contributed by atoms with Crippen LogP contribution in [0.1, 0.15) is 25.0 Å². The van der Waals surface area contributed by atoms with E-state index >= 15 is 0 Å². The molecule has 0 aromatic carbocycles. The zero-order chi connectivity index (χ0) is 17.9. The second-order valence-electron chi connectivity index (χ2n) is 7.26. The fourth-order valence-electron chi connectivity index (χ4n) is 3.73. The lowest BCUT2D eigenvalue weighted by molar-refractivity contribution is 0.122. The van der Waals surface area contributed by atoms with Crippen molar-refractivity contribution in [1.82, 2.24) is 20.4 Å². The van der Waals surface area contributed by atoms with Gasteiger partial charge < -0.3 is 9.64 Å². The van der Waals surface area contributed by atoms with Gasteiger partial charge in [-0.15, -0.1) is 21.5 Å². The van der Waals surface area contributed by atoms with E-state index in [1.165, 1.54) is 11.1 Å². The summed E-state index contributed by atoms with van der Waals surface area (Å²) in [5, 5.41) is 13.6. The minimum Gasteiger partial charge on any atom is -0.378 e. The van der Waals surface area contributed by atoms with Gasteiger partial charge in [0.05, 0.1) is 17.9 Å². The van der Waals surface area contributed by atoms with Gasteiger partial charge in [0.1, 0.15) is 16.2 Å². The first-order valence-corrected chi connectivity index (χ1v) is 10.8. The Bertz CT molecular complexity index is 1020. The molecule has 5 heterocycles. The largest absolute Gasteiger partial charge is 0.378 e. The average Bonchev–Trinajstić information content (AvgIpc) is 3.01. The molecule has 136 valence electrons. The zero-order valence-electron chi connectivity index (χ0n) is 14.6. The molecule has 0 amide bonds. The number of morpholine rings is 1. The Morgan fingerprint density at radius 2 is 1.96 bits per heavy atom. The smallest absolute Gasteiger partial charge is 0.172 e. The van der Waals surface area contributed by atoms with Crippen LogP contribution in [0.5, 0.6) is 0 Å². The van der Waals surface area contributed by atoms with Crippen LogP contribution in [-0.4, -0.2) is 51.4 Å². The van der Waals surface area contributed by atoms with Crippen LogP contribution in [0, 0.1) is 0 Å². The summed E-state index contributed by atoms with van der Waals surface area (Å²) in [5.74, 6) is 2.06. The number of fused-ring (bicyclic) bond motifs is 5. The topological polar surface area (TPSA) is 64.0 Å². The van der Waals surface area contributed by atoms with E-state index in [2.05, 4.69) is 34.2 Å². The molecule has 26 heavy (non-hydrogen) atoms. The monoisotopic (exact) mass is 407 g/mol. The van der Waals surface area contributed by atoms with Gasteiger partial charge in [0, 0.05) is 34.5 Å². The lowest BCUT2D eigenvalue weighted by Gasteiger charge is -2.35. The molecule has 0 bridgehead atoms. The Balaban J connectivity index is 1.82. The van der Waals surface area contributed by atoms with E-state index in [9.17, 15) is 0 Å². The number of hydrogen-bond acceptors (Lipinski definition) is 8. The summed E-state index contributed by atoms with van der Waals surface area (Å²) in [6.45, 7) is 7.87. The molecule has 6 nitrogen and oxygen atoms in total. The van der Waals surface area contributed by atoms with Crippen LogP contribution < -0.4 is 4.90 Å². The highest BCUT2D eigenvalue weighted by atomic mass is 35.5. The molecular weight excluding hydrogens is 390 g/mol. The van der Waals surface area contributed by atoms with Crippen LogP contribution >= 0.6 is 34.7 Å². The first-order valence-electron chi connectivity index (χ1n) is 8.63.